The third kappa shape index (κ3) is 4.85. The Morgan fingerprint density at radius 2 is 1.58 bits per heavy atom. The highest BCUT2D eigenvalue weighted by molar-refractivity contribution is 5.85. The van der Waals surface area contributed by atoms with E-state index in [4.69, 9.17) is 9.97 Å². The van der Waals surface area contributed by atoms with Crippen molar-refractivity contribution in [1.29, 1.82) is 0 Å². The quantitative estimate of drug-likeness (QED) is 0.313. The molecule has 0 aliphatic heterocycles. The third-order valence-electron chi connectivity index (χ3n) is 6.64. The number of aromatic nitrogens is 2. The van der Waals surface area contributed by atoms with Crippen LogP contribution in [0, 0.1) is 5.92 Å². The molecule has 2 N–H and O–H groups in total. The lowest BCUT2D eigenvalue weighted by Crippen LogP contribution is -2.24. The Morgan fingerprint density at radius 3 is 2.36 bits per heavy atom. The van der Waals surface area contributed by atoms with Gasteiger partial charge in [-0.2, -0.15) is 4.98 Å². The van der Waals surface area contributed by atoms with Gasteiger partial charge in [0.15, 0.2) is 0 Å². The smallest absolute Gasteiger partial charge is 0.225 e. The van der Waals surface area contributed by atoms with Gasteiger partial charge >= 0.3 is 0 Å². The Morgan fingerprint density at radius 1 is 0.818 bits per heavy atom. The minimum absolute atomic E-state index is 0.438. The fraction of sp³-hybridized carbons (Fsp3) is 0.310. The first-order valence-corrected chi connectivity index (χ1v) is 12.1. The van der Waals surface area contributed by atoms with Gasteiger partial charge in [0.1, 0.15) is 5.82 Å². The maximum atomic E-state index is 4.99. The monoisotopic (exact) mass is 436 g/mol. The average Bonchev–Trinajstić information content (AvgIpc) is 2.81. The van der Waals surface area contributed by atoms with Gasteiger partial charge in [0.25, 0.3) is 0 Å². The highest BCUT2D eigenvalue weighted by atomic mass is 15.1. The molecule has 4 aromatic rings. The predicted molar refractivity (Wildman–Crippen MR) is 138 cm³/mol. The Hall–Kier alpha value is -3.40. The molecule has 1 aromatic heterocycles. The van der Waals surface area contributed by atoms with E-state index in [1.54, 1.807) is 0 Å². The molecule has 3 aromatic carbocycles. The van der Waals surface area contributed by atoms with Crippen molar-refractivity contribution in [2.75, 3.05) is 17.2 Å². The highest BCUT2D eigenvalue weighted by Crippen LogP contribution is 2.48. The molecule has 1 aliphatic carbocycles. The Labute approximate surface area is 196 Å². The second-order valence-electron chi connectivity index (χ2n) is 9.47. The molecule has 0 radical (unpaired) electrons. The minimum Gasteiger partial charge on any atom is -0.370 e. The minimum atomic E-state index is 0.438. The van der Waals surface area contributed by atoms with Crippen molar-refractivity contribution in [2.45, 2.75) is 45.1 Å². The van der Waals surface area contributed by atoms with Gasteiger partial charge in [-0.15, -0.1) is 0 Å². The van der Waals surface area contributed by atoms with E-state index >= 15 is 0 Å². The average molecular weight is 437 g/mol. The fourth-order valence-electron chi connectivity index (χ4n) is 4.71. The topological polar surface area (TPSA) is 49.8 Å². The summed E-state index contributed by atoms with van der Waals surface area (Å²) in [4.78, 5) is 9.80. The molecule has 4 nitrogen and oxygen atoms in total. The van der Waals surface area contributed by atoms with Crippen LogP contribution in [0.4, 0.5) is 11.8 Å². The van der Waals surface area contributed by atoms with Gasteiger partial charge in [-0.05, 0) is 46.6 Å². The van der Waals surface area contributed by atoms with Crippen LogP contribution >= 0.6 is 0 Å². The normalized spacial score (nSPS) is 17.7. The number of anilines is 2. The highest BCUT2D eigenvalue weighted by Gasteiger charge is 2.34. The van der Waals surface area contributed by atoms with E-state index in [9.17, 15) is 0 Å². The lowest BCUT2D eigenvalue weighted by molar-refractivity contribution is 0.340. The molecular weight excluding hydrogens is 404 g/mol. The molecule has 2 atom stereocenters. The van der Waals surface area contributed by atoms with E-state index in [0.717, 1.165) is 18.1 Å². The number of nitrogens with one attached hydrogen (secondary N) is 2. The zero-order chi connectivity index (χ0) is 22.6. The van der Waals surface area contributed by atoms with Crippen LogP contribution in [0.3, 0.4) is 0 Å². The van der Waals surface area contributed by atoms with Crippen LogP contribution in [-0.2, 0) is 6.54 Å². The summed E-state index contributed by atoms with van der Waals surface area (Å²) in [5, 5.41) is 9.56. The van der Waals surface area contributed by atoms with Gasteiger partial charge in [0.05, 0.1) is 5.69 Å². The van der Waals surface area contributed by atoms with Crippen LogP contribution < -0.4 is 10.6 Å². The number of nitrogens with zero attached hydrogens (tertiary/aromatic N) is 2. The van der Waals surface area contributed by atoms with Crippen LogP contribution in [0.2, 0.25) is 0 Å². The largest absolute Gasteiger partial charge is 0.370 e. The number of fused-ring (bicyclic) bond motifs is 1. The maximum Gasteiger partial charge on any atom is 0.225 e. The summed E-state index contributed by atoms with van der Waals surface area (Å²) < 4.78 is 0. The zero-order valence-electron chi connectivity index (χ0n) is 19.5. The molecule has 168 valence electrons. The first-order valence-electron chi connectivity index (χ1n) is 12.1. The summed E-state index contributed by atoms with van der Waals surface area (Å²) in [6.07, 6.45) is 2.38. The second kappa shape index (κ2) is 9.62. The molecule has 0 bridgehead atoms. The number of hydrogen-bond donors (Lipinski definition) is 2. The van der Waals surface area contributed by atoms with Crippen molar-refractivity contribution in [3.8, 4) is 0 Å². The van der Waals surface area contributed by atoms with Gasteiger partial charge < -0.3 is 10.6 Å². The summed E-state index contributed by atoms with van der Waals surface area (Å²) >= 11 is 0. The summed E-state index contributed by atoms with van der Waals surface area (Å²) in [6.45, 7) is 6.02. The first kappa shape index (κ1) is 21.4. The standard InChI is InChI=1S/C29H32N4/c1-20(2)18-30-28-17-27(26-16-15-25(26)22-9-4-3-5-10-22)32-29(33-28)31-19-23-13-8-12-21-11-6-7-14-24(21)23/h3-14,17,20,25-26H,15-16,18-19H2,1-2H3,(H2,30,31,32,33). The lowest BCUT2D eigenvalue weighted by Gasteiger charge is -2.37. The summed E-state index contributed by atoms with van der Waals surface area (Å²) in [6, 6.07) is 28.0. The van der Waals surface area contributed by atoms with Gasteiger partial charge in [0.2, 0.25) is 5.95 Å². The molecule has 0 spiro atoms. The molecule has 1 fully saturated rings. The van der Waals surface area contributed by atoms with Crippen molar-refractivity contribution >= 4 is 22.5 Å². The van der Waals surface area contributed by atoms with E-state index < -0.39 is 0 Å². The van der Waals surface area contributed by atoms with E-state index in [1.807, 2.05) is 0 Å². The van der Waals surface area contributed by atoms with E-state index in [1.165, 1.54) is 34.7 Å². The Balaban J connectivity index is 1.41. The Bertz CT molecular complexity index is 1210. The lowest BCUT2D eigenvalue weighted by atomic mass is 9.68. The van der Waals surface area contributed by atoms with Crippen LogP contribution in [-0.4, -0.2) is 16.5 Å². The molecule has 2 unspecified atom stereocenters. The molecule has 1 heterocycles. The van der Waals surface area contributed by atoms with E-state index in [-0.39, 0.29) is 0 Å². The van der Waals surface area contributed by atoms with Crippen LogP contribution in [0.25, 0.3) is 10.8 Å². The van der Waals surface area contributed by atoms with Gasteiger partial charge in [0, 0.05) is 25.1 Å². The summed E-state index contributed by atoms with van der Waals surface area (Å²) in [5.41, 5.74) is 3.80. The molecule has 4 heteroatoms. The number of rotatable bonds is 8. The number of hydrogen-bond acceptors (Lipinski definition) is 4. The van der Waals surface area contributed by atoms with E-state index in [2.05, 4.69) is 103 Å². The van der Waals surface area contributed by atoms with Crippen LogP contribution in [0.5, 0.6) is 0 Å². The predicted octanol–water partition coefficient (Wildman–Crippen LogP) is 6.97. The fourth-order valence-corrected chi connectivity index (χ4v) is 4.71. The number of benzene rings is 3. The van der Waals surface area contributed by atoms with Gasteiger partial charge in [-0.3, -0.25) is 0 Å². The maximum absolute atomic E-state index is 4.99. The first-order chi connectivity index (χ1) is 16.2. The Kier molecular flexibility index (Phi) is 6.25. The molecule has 1 saturated carbocycles. The van der Waals surface area contributed by atoms with E-state index in [0.29, 0.717) is 30.2 Å². The van der Waals surface area contributed by atoms with Crippen molar-refractivity contribution < 1.29 is 0 Å². The van der Waals surface area contributed by atoms with Gasteiger partial charge in [-0.1, -0.05) is 86.6 Å². The molecule has 5 rings (SSSR count). The van der Waals surface area contributed by atoms with Crippen molar-refractivity contribution in [3.63, 3.8) is 0 Å². The van der Waals surface area contributed by atoms with Crippen molar-refractivity contribution in [2.24, 2.45) is 5.92 Å². The SMILES string of the molecule is CC(C)CNc1cc(C2CCC2c2ccccc2)nc(NCc2cccc3ccccc23)n1. The van der Waals surface area contributed by atoms with Crippen molar-refractivity contribution in [1.82, 2.24) is 9.97 Å². The molecule has 0 amide bonds. The molecular formula is C29H32N4. The molecule has 33 heavy (non-hydrogen) atoms. The van der Waals surface area contributed by atoms with Crippen LogP contribution in [0.1, 0.15) is 55.3 Å². The third-order valence-corrected chi connectivity index (χ3v) is 6.64. The molecule has 1 aliphatic rings. The van der Waals surface area contributed by atoms with Crippen molar-refractivity contribution in [3.05, 3.63) is 95.7 Å². The molecule has 0 saturated heterocycles. The van der Waals surface area contributed by atoms with Crippen LogP contribution in [0.15, 0.2) is 78.9 Å². The second-order valence-corrected chi connectivity index (χ2v) is 9.47. The summed E-state index contributed by atoms with van der Waals surface area (Å²) in [5.74, 6) is 3.13. The van der Waals surface area contributed by atoms with Gasteiger partial charge in [-0.25, -0.2) is 4.98 Å². The zero-order valence-corrected chi connectivity index (χ0v) is 19.5. The summed E-state index contributed by atoms with van der Waals surface area (Å²) in [7, 11) is 0.